The number of ether oxygens (including phenoxy) is 3. The van der Waals surface area contributed by atoms with Gasteiger partial charge in [-0.15, -0.1) is 0 Å². The summed E-state index contributed by atoms with van der Waals surface area (Å²) in [5.74, 6) is -2.36. The average molecular weight is 757 g/mol. The quantitative estimate of drug-likeness (QED) is 0.183. The molecule has 3 amide bonds. The second kappa shape index (κ2) is 21.1. The Hall–Kier alpha value is -3.35. The summed E-state index contributed by atoms with van der Waals surface area (Å²) < 4.78 is 17.0. The molecule has 0 radical (unpaired) electrons. The van der Waals surface area contributed by atoms with Crippen LogP contribution < -0.4 is 10.6 Å². The van der Waals surface area contributed by atoms with E-state index in [1.165, 1.54) is 14.2 Å². The van der Waals surface area contributed by atoms with Gasteiger partial charge in [0.15, 0.2) is 5.78 Å². The molecule has 12 heteroatoms. The molecule has 2 N–H and O–H groups in total. The van der Waals surface area contributed by atoms with Gasteiger partial charge >= 0.3 is 5.97 Å². The summed E-state index contributed by atoms with van der Waals surface area (Å²) in [6, 6.07) is 7.73. The highest BCUT2D eigenvalue weighted by atomic mass is 16.5. The number of rotatable bonds is 20. The molecule has 0 saturated carbocycles. The zero-order valence-electron chi connectivity index (χ0n) is 34.5. The SMILES string of the molecule is CC[C@H](C)[C@@H]([C@@H](CC(=O)N1CCC[C@H]1[C@H](OC)[C@@H](C)C(=O)N[C@@H](Cc1ccccc1)C(=O)OC)OC)N(C)C(=O)[C@@H](CC(=O)[C@@]1(C)CCCCN1)C(C)C. The van der Waals surface area contributed by atoms with Crippen LogP contribution in [0.25, 0.3) is 0 Å². The Morgan fingerprint density at radius 1 is 0.981 bits per heavy atom. The number of hydrogen-bond acceptors (Lipinski definition) is 9. The van der Waals surface area contributed by atoms with E-state index in [0.717, 1.165) is 44.2 Å². The number of piperidine rings is 1. The number of amides is 3. The minimum atomic E-state index is -0.883. The number of Topliss-reactive ketones (excluding diaryl/α,β-unsaturated/α-hetero) is 1. The maximum Gasteiger partial charge on any atom is 0.328 e. The molecule has 0 bridgehead atoms. The molecule has 304 valence electrons. The highest BCUT2D eigenvalue weighted by Gasteiger charge is 2.44. The number of nitrogens with one attached hydrogen (secondary N) is 2. The van der Waals surface area contributed by atoms with Crippen LogP contribution in [-0.2, 0) is 44.6 Å². The summed E-state index contributed by atoms with van der Waals surface area (Å²) in [4.78, 5) is 72.0. The first-order valence-corrected chi connectivity index (χ1v) is 20.0. The molecule has 1 aromatic carbocycles. The summed E-state index contributed by atoms with van der Waals surface area (Å²) in [5, 5.41) is 6.27. The Labute approximate surface area is 323 Å². The molecule has 12 nitrogen and oxygen atoms in total. The van der Waals surface area contributed by atoms with E-state index >= 15 is 0 Å². The largest absolute Gasteiger partial charge is 0.467 e. The van der Waals surface area contributed by atoms with E-state index in [1.807, 2.05) is 51.1 Å². The lowest BCUT2D eigenvalue weighted by atomic mass is 9.79. The topological polar surface area (TPSA) is 144 Å². The number of likely N-dealkylation sites (N-methyl/N-ethyl adjacent to an activating group) is 1. The maximum atomic E-state index is 14.3. The van der Waals surface area contributed by atoms with Gasteiger partial charge in [-0.05, 0) is 63.0 Å². The number of benzene rings is 1. The minimum absolute atomic E-state index is 0.00111. The van der Waals surface area contributed by atoms with Gasteiger partial charge in [-0.2, -0.15) is 0 Å². The van der Waals surface area contributed by atoms with E-state index in [9.17, 15) is 24.0 Å². The summed E-state index contributed by atoms with van der Waals surface area (Å²) in [6.45, 7) is 13.1. The van der Waals surface area contributed by atoms with Crippen molar-refractivity contribution in [2.24, 2.45) is 23.7 Å². The van der Waals surface area contributed by atoms with Crippen LogP contribution in [0.15, 0.2) is 30.3 Å². The first-order chi connectivity index (χ1) is 25.6. The molecule has 0 aliphatic carbocycles. The van der Waals surface area contributed by atoms with Crippen LogP contribution in [0.3, 0.4) is 0 Å². The van der Waals surface area contributed by atoms with Crippen molar-refractivity contribution in [2.45, 2.75) is 135 Å². The molecule has 0 aromatic heterocycles. The van der Waals surface area contributed by atoms with Crippen LogP contribution in [-0.4, -0.2) is 117 Å². The minimum Gasteiger partial charge on any atom is -0.467 e. The lowest BCUT2D eigenvalue weighted by Crippen LogP contribution is -2.56. The molecule has 9 atom stereocenters. The second-order valence-corrected chi connectivity index (χ2v) is 16.1. The Kier molecular flexibility index (Phi) is 17.6. The summed E-state index contributed by atoms with van der Waals surface area (Å²) in [6.07, 6.45) is 4.15. The van der Waals surface area contributed by atoms with Crippen molar-refractivity contribution >= 4 is 29.5 Å². The maximum absolute atomic E-state index is 14.3. The van der Waals surface area contributed by atoms with Gasteiger partial charge in [-0.3, -0.25) is 19.2 Å². The van der Waals surface area contributed by atoms with Crippen molar-refractivity contribution in [3.63, 3.8) is 0 Å². The van der Waals surface area contributed by atoms with Gasteiger partial charge in [0, 0.05) is 46.6 Å². The van der Waals surface area contributed by atoms with Gasteiger partial charge in [0.25, 0.3) is 0 Å². The lowest BCUT2D eigenvalue weighted by molar-refractivity contribution is -0.150. The van der Waals surface area contributed by atoms with Crippen molar-refractivity contribution < 1.29 is 38.2 Å². The molecule has 2 fully saturated rings. The van der Waals surface area contributed by atoms with Crippen molar-refractivity contribution in [1.29, 1.82) is 0 Å². The van der Waals surface area contributed by atoms with E-state index in [-0.39, 0.29) is 60.6 Å². The Balaban J connectivity index is 1.77. The van der Waals surface area contributed by atoms with Crippen LogP contribution >= 0.6 is 0 Å². The molecule has 1 aromatic rings. The zero-order chi connectivity index (χ0) is 40.2. The molecular formula is C42H68N4O8. The lowest BCUT2D eigenvalue weighted by Gasteiger charge is -2.41. The van der Waals surface area contributed by atoms with Crippen LogP contribution in [0, 0.1) is 23.7 Å². The summed E-state index contributed by atoms with van der Waals surface area (Å²) >= 11 is 0. The number of ketones is 1. The molecule has 3 rings (SSSR count). The van der Waals surface area contributed by atoms with Crippen LogP contribution in [0.1, 0.15) is 98.5 Å². The molecule has 0 spiro atoms. The summed E-state index contributed by atoms with van der Waals surface area (Å²) in [7, 11) is 6.18. The van der Waals surface area contributed by atoms with Crippen molar-refractivity contribution in [3.8, 4) is 0 Å². The van der Waals surface area contributed by atoms with Crippen molar-refractivity contribution in [3.05, 3.63) is 35.9 Å². The fraction of sp³-hybridized carbons (Fsp3) is 0.738. The molecule has 2 aliphatic heterocycles. The van der Waals surface area contributed by atoms with E-state index < -0.39 is 47.6 Å². The molecular weight excluding hydrogens is 688 g/mol. The summed E-state index contributed by atoms with van der Waals surface area (Å²) in [5.41, 5.74) is 0.254. The van der Waals surface area contributed by atoms with Crippen LogP contribution in [0.5, 0.6) is 0 Å². The van der Waals surface area contributed by atoms with E-state index in [1.54, 1.807) is 30.9 Å². The van der Waals surface area contributed by atoms with E-state index in [2.05, 4.69) is 24.5 Å². The van der Waals surface area contributed by atoms with Crippen LogP contribution in [0.2, 0.25) is 0 Å². The Morgan fingerprint density at radius 2 is 1.67 bits per heavy atom. The average Bonchev–Trinajstić information content (AvgIpc) is 3.65. The number of carbonyl (C=O) groups excluding carboxylic acids is 5. The Morgan fingerprint density at radius 3 is 2.22 bits per heavy atom. The van der Waals surface area contributed by atoms with Gasteiger partial charge in [-0.25, -0.2) is 4.79 Å². The Bertz CT molecular complexity index is 1380. The molecule has 2 aliphatic rings. The molecule has 2 heterocycles. The molecule has 0 unspecified atom stereocenters. The third-order valence-corrected chi connectivity index (χ3v) is 12.1. The first kappa shape index (κ1) is 45.0. The smallest absolute Gasteiger partial charge is 0.328 e. The highest BCUT2D eigenvalue weighted by molar-refractivity contribution is 5.92. The normalized spacial score (nSPS) is 22.7. The molecule has 2 saturated heterocycles. The van der Waals surface area contributed by atoms with Gasteiger partial charge in [0.1, 0.15) is 6.04 Å². The second-order valence-electron chi connectivity index (χ2n) is 16.1. The number of nitrogens with zero attached hydrogens (tertiary/aromatic N) is 2. The van der Waals surface area contributed by atoms with Gasteiger partial charge in [-0.1, -0.05) is 71.4 Å². The van der Waals surface area contributed by atoms with Crippen molar-refractivity contribution in [1.82, 2.24) is 20.4 Å². The number of methoxy groups -OCH3 is 3. The van der Waals surface area contributed by atoms with E-state index in [4.69, 9.17) is 14.2 Å². The van der Waals surface area contributed by atoms with Crippen LogP contribution in [0.4, 0.5) is 0 Å². The fourth-order valence-electron chi connectivity index (χ4n) is 8.38. The fourth-order valence-corrected chi connectivity index (χ4v) is 8.38. The highest BCUT2D eigenvalue weighted by Crippen LogP contribution is 2.32. The van der Waals surface area contributed by atoms with Gasteiger partial charge < -0.3 is 34.6 Å². The zero-order valence-corrected chi connectivity index (χ0v) is 34.5. The van der Waals surface area contributed by atoms with Crippen molar-refractivity contribution in [2.75, 3.05) is 41.5 Å². The standard InChI is InChI=1S/C42H68N4O8/c1-11-28(4)37(45(7)40(50)31(27(2)3)25-35(47)42(6)21-15-16-22-43-42)34(52-8)26-36(48)46-23-17-20-33(46)38(53-9)29(5)39(49)44-32(41(51)54-10)24-30-18-13-12-14-19-30/h12-14,18-19,27-29,31-34,37-38,43H,11,15-17,20-26H2,1-10H3,(H,44,49)/t28-,29+,31-,32-,33-,34+,37-,38+,42+/m0/s1. The van der Waals surface area contributed by atoms with Gasteiger partial charge in [0.05, 0.1) is 49.3 Å². The van der Waals surface area contributed by atoms with E-state index in [0.29, 0.717) is 13.0 Å². The predicted molar refractivity (Wildman–Crippen MR) is 208 cm³/mol. The number of esters is 1. The monoisotopic (exact) mass is 757 g/mol. The number of likely N-dealkylation sites (tertiary alicyclic amines) is 1. The number of carbonyl (C=O) groups is 5. The third-order valence-electron chi connectivity index (χ3n) is 12.1. The number of hydrogen-bond donors (Lipinski definition) is 2. The first-order valence-electron chi connectivity index (χ1n) is 20.0. The molecule has 54 heavy (non-hydrogen) atoms. The predicted octanol–water partition coefficient (Wildman–Crippen LogP) is 4.57. The third kappa shape index (κ3) is 11.4. The van der Waals surface area contributed by atoms with Gasteiger partial charge in [0.2, 0.25) is 17.7 Å².